The predicted octanol–water partition coefficient (Wildman–Crippen LogP) is 2.91. The predicted molar refractivity (Wildman–Crippen MR) is 117 cm³/mol. The van der Waals surface area contributed by atoms with Gasteiger partial charge in [0.05, 0.1) is 17.7 Å². The van der Waals surface area contributed by atoms with Crippen LogP contribution in [0.4, 0.5) is 0 Å². The van der Waals surface area contributed by atoms with Crippen LogP contribution in [0.15, 0.2) is 53.6 Å². The van der Waals surface area contributed by atoms with E-state index in [0.29, 0.717) is 48.9 Å². The first kappa shape index (κ1) is 19.6. The highest BCUT2D eigenvalue weighted by Crippen LogP contribution is 2.36. The van der Waals surface area contributed by atoms with Gasteiger partial charge in [-0.05, 0) is 43.5 Å². The lowest BCUT2D eigenvalue weighted by Crippen LogP contribution is -2.49. The van der Waals surface area contributed by atoms with Crippen LogP contribution in [0.1, 0.15) is 35.3 Å². The molecule has 7 nitrogen and oxygen atoms in total. The molecule has 2 aliphatic rings. The van der Waals surface area contributed by atoms with Gasteiger partial charge in [0.2, 0.25) is 0 Å². The Labute approximate surface area is 180 Å². The summed E-state index contributed by atoms with van der Waals surface area (Å²) in [6.07, 6.45) is 4.55. The maximum atomic E-state index is 13.3. The maximum Gasteiger partial charge on any atom is 0.261 e. The molecule has 1 saturated heterocycles. The second kappa shape index (κ2) is 7.72. The number of ether oxygens (including phenoxy) is 1. The van der Waals surface area contributed by atoms with Gasteiger partial charge in [0.25, 0.3) is 11.5 Å². The summed E-state index contributed by atoms with van der Waals surface area (Å²) in [6, 6.07) is 11.3. The second-order valence-electron chi connectivity index (χ2n) is 8.39. The molecule has 0 spiro atoms. The SMILES string of the molecule is CCOc1ccccc1C(=O)N1C[C@@H]2C[C@H](C1)c1ccc(-c3nccn3C)c(=O)n1C2. The fraction of sp³-hybridized carbons (Fsp3) is 0.375. The lowest BCUT2D eigenvalue weighted by molar-refractivity contribution is 0.0591. The summed E-state index contributed by atoms with van der Waals surface area (Å²) in [6.45, 7) is 4.32. The molecule has 1 fully saturated rings. The van der Waals surface area contributed by atoms with Crippen molar-refractivity contribution < 1.29 is 9.53 Å². The summed E-state index contributed by atoms with van der Waals surface area (Å²) in [5.74, 6) is 1.71. The fourth-order valence-electron chi connectivity index (χ4n) is 5.00. The first-order valence-corrected chi connectivity index (χ1v) is 10.8. The number of fused-ring (bicyclic) bond motifs is 4. The van der Waals surface area contributed by atoms with E-state index in [1.54, 1.807) is 6.20 Å². The van der Waals surface area contributed by atoms with Crippen LogP contribution in [0.25, 0.3) is 11.4 Å². The van der Waals surface area contributed by atoms with E-state index in [9.17, 15) is 9.59 Å². The van der Waals surface area contributed by atoms with Crippen molar-refractivity contribution in [3.05, 3.63) is 70.4 Å². The van der Waals surface area contributed by atoms with Gasteiger partial charge in [-0.1, -0.05) is 12.1 Å². The standard InChI is InChI=1S/C24H26N4O3/c1-3-31-21-7-5-4-6-18(21)23(29)27-13-16-12-17(15-27)20-9-8-19(24(30)28(20)14-16)22-25-10-11-26(22)2/h4-11,16-17H,3,12-15H2,1-2H3/t16-,17+/m0/s1. The van der Waals surface area contributed by atoms with Crippen molar-refractivity contribution in [2.24, 2.45) is 13.0 Å². The number of carbonyl (C=O) groups excluding carboxylic acids is 1. The van der Waals surface area contributed by atoms with Crippen molar-refractivity contribution in [3.8, 4) is 17.1 Å². The third-order valence-electron chi connectivity index (χ3n) is 6.37. The summed E-state index contributed by atoms with van der Waals surface area (Å²) in [7, 11) is 1.89. The van der Waals surface area contributed by atoms with Crippen molar-refractivity contribution in [2.75, 3.05) is 19.7 Å². The van der Waals surface area contributed by atoms with Crippen molar-refractivity contribution >= 4 is 5.91 Å². The monoisotopic (exact) mass is 418 g/mol. The van der Waals surface area contributed by atoms with Crippen LogP contribution in [-0.2, 0) is 13.6 Å². The molecule has 2 aliphatic heterocycles. The zero-order chi connectivity index (χ0) is 21.5. The maximum absolute atomic E-state index is 13.3. The number of para-hydroxylation sites is 1. The van der Waals surface area contributed by atoms with Gasteiger partial charge in [0, 0.05) is 50.7 Å². The molecule has 4 heterocycles. The van der Waals surface area contributed by atoms with Crippen LogP contribution in [0, 0.1) is 5.92 Å². The number of benzene rings is 1. The molecule has 3 aromatic rings. The van der Waals surface area contributed by atoms with Gasteiger partial charge in [-0.3, -0.25) is 9.59 Å². The van der Waals surface area contributed by atoms with Crippen LogP contribution in [0.2, 0.25) is 0 Å². The summed E-state index contributed by atoms with van der Waals surface area (Å²) >= 11 is 0. The van der Waals surface area contributed by atoms with Crippen LogP contribution in [-0.4, -0.2) is 44.6 Å². The number of imidazole rings is 1. The Kier molecular flexibility index (Phi) is 4.88. The number of aryl methyl sites for hydroxylation is 1. The number of nitrogens with zero attached hydrogens (tertiary/aromatic N) is 4. The van der Waals surface area contributed by atoms with E-state index in [1.165, 1.54) is 0 Å². The van der Waals surface area contributed by atoms with Gasteiger partial charge in [-0.2, -0.15) is 0 Å². The molecule has 0 saturated carbocycles. The summed E-state index contributed by atoms with van der Waals surface area (Å²) < 4.78 is 9.44. The zero-order valence-corrected chi connectivity index (χ0v) is 17.8. The summed E-state index contributed by atoms with van der Waals surface area (Å²) in [5.41, 5.74) is 2.24. The molecule has 0 radical (unpaired) electrons. The average Bonchev–Trinajstić information content (AvgIpc) is 3.20. The highest BCUT2D eigenvalue weighted by Gasteiger charge is 2.37. The number of hydrogen-bond acceptors (Lipinski definition) is 4. The number of rotatable bonds is 4. The topological polar surface area (TPSA) is 69.4 Å². The molecule has 5 rings (SSSR count). The highest BCUT2D eigenvalue weighted by atomic mass is 16.5. The molecule has 1 amide bonds. The first-order chi connectivity index (χ1) is 15.1. The lowest BCUT2D eigenvalue weighted by Gasteiger charge is -2.43. The van der Waals surface area contributed by atoms with E-state index in [1.807, 2.05) is 70.6 Å². The molecular weight excluding hydrogens is 392 g/mol. The number of likely N-dealkylation sites (tertiary alicyclic amines) is 1. The van der Waals surface area contributed by atoms with Crippen LogP contribution < -0.4 is 10.3 Å². The number of amides is 1. The van der Waals surface area contributed by atoms with Crippen LogP contribution >= 0.6 is 0 Å². The molecule has 0 N–H and O–H groups in total. The number of aromatic nitrogens is 3. The van der Waals surface area contributed by atoms with Gasteiger partial charge >= 0.3 is 0 Å². The Bertz CT molecular complexity index is 1200. The molecular formula is C24H26N4O3. The van der Waals surface area contributed by atoms with E-state index in [2.05, 4.69) is 4.98 Å². The Morgan fingerprint density at radius 1 is 1.16 bits per heavy atom. The Morgan fingerprint density at radius 2 is 2.00 bits per heavy atom. The van der Waals surface area contributed by atoms with Gasteiger partial charge < -0.3 is 18.8 Å². The van der Waals surface area contributed by atoms with E-state index >= 15 is 0 Å². The molecule has 2 bridgehead atoms. The van der Waals surface area contributed by atoms with Crippen molar-refractivity contribution in [1.82, 2.24) is 19.0 Å². The van der Waals surface area contributed by atoms with Gasteiger partial charge in [0.15, 0.2) is 0 Å². The minimum atomic E-state index is -0.000762. The average molecular weight is 418 g/mol. The molecule has 160 valence electrons. The molecule has 2 atom stereocenters. The Morgan fingerprint density at radius 3 is 2.77 bits per heavy atom. The van der Waals surface area contributed by atoms with Crippen LogP contribution in [0.3, 0.4) is 0 Å². The van der Waals surface area contributed by atoms with Crippen molar-refractivity contribution in [3.63, 3.8) is 0 Å². The molecule has 2 aromatic heterocycles. The smallest absolute Gasteiger partial charge is 0.261 e. The van der Waals surface area contributed by atoms with E-state index in [0.717, 1.165) is 12.1 Å². The van der Waals surface area contributed by atoms with Gasteiger partial charge in [-0.15, -0.1) is 0 Å². The molecule has 1 aromatic carbocycles. The van der Waals surface area contributed by atoms with E-state index in [4.69, 9.17) is 4.74 Å². The van der Waals surface area contributed by atoms with Crippen molar-refractivity contribution in [2.45, 2.75) is 25.8 Å². The van der Waals surface area contributed by atoms with Gasteiger partial charge in [-0.25, -0.2) is 4.98 Å². The lowest BCUT2D eigenvalue weighted by atomic mass is 9.82. The minimum absolute atomic E-state index is 0.000762. The highest BCUT2D eigenvalue weighted by molar-refractivity contribution is 5.97. The quantitative estimate of drug-likeness (QED) is 0.653. The Balaban J connectivity index is 1.45. The molecule has 0 aliphatic carbocycles. The van der Waals surface area contributed by atoms with E-state index in [-0.39, 0.29) is 23.3 Å². The van der Waals surface area contributed by atoms with Gasteiger partial charge in [0.1, 0.15) is 11.6 Å². The summed E-state index contributed by atoms with van der Waals surface area (Å²) in [4.78, 5) is 32.9. The fourth-order valence-corrected chi connectivity index (χ4v) is 5.00. The largest absolute Gasteiger partial charge is 0.493 e. The van der Waals surface area contributed by atoms with Crippen molar-refractivity contribution in [1.29, 1.82) is 0 Å². The number of hydrogen-bond donors (Lipinski definition) is 0. The number of carbonyl (C=O) groups is 1. The second-order valence-corrected chi connectivity index (χ2v) is 8.39. The third kappa shape index (κ3) is 3.34. The zero-order valence-electron chi connectivity index (χ0n) is 17.8. The first-order valence-electron chi connectivity index (χ1n) is 10.8. The molecule has 7 heteroatoms. The number of pyridine rings is 1. The molecule has 31 heavy (non-hydrogen) atoms. The normalized spacial score (nSPS) is 19.7. The van der Waals surface area contributed by atoms with Crippen LogP contribution in [0.5, 0.6) is 5.75 Å². The summed E-state index contributed by atoms with van der Waals surface area (Å²) in [5, 5.41) is 0. The third-order valence-corrected chi connectivity index (χ3v) is 6.37. The minimum Gasteiger partial charge on any atom is -0.493 e. The number of piperidine rings is 1. The molecule has 0 unspecified atom stereocenters. The Hall–Kier alpha value is -3.35. The van der Waals surface area contributed by atoms with E-state index < -0.39 is 0 Å².